The summed E-state index contributed by atoms with van der Waals surface area (Å²) in [5.41, 5.74) is -1.55. The van der Waals surface area contributed by atoms with E-state index in [-0.39, 0.29) is 33.3 Å². The SMILES string of the molecule is Cc1nc(F)ccc1Oc1cc(C(F)(F)F)c(Cl)c(C)c1C(=O)Nc1ccnc([S@](N)=O)c1. The van der Waals surface area contributed by atoms with Crippen molar-refractivity contribution in [3.05, 3.63) is 69.9 Å². The Morgan fingerprint density at radius 2 is 1.88 bits per heavy atom. The van der Waals surface area contributed by atoms with E-state index >= 15 is 0 Å². The van der Waals surface area contributed by atoms with Gasteiger partial charge in [0.15, 0.2) is 0 Å². The third-order valence-electron chi connectivity index (χ3n) is 4.42. The molecule has 0 bridgehead atoms. The van der Waals surface area contributed by atoms with E-state index in [1.165, 1.54) is 38.2 Å². The smallest absolute Gasteiger partial charge is 0.417 e. The minimum Gasteiger partial charge on any atom is -0.455 e. The van der Waals surface area contributed by atoms with E-state index in [1.807, 2.05) is 0 Å². The molecular formula is C20H15ClF4N4O3S. The van der Waals surface area contributed by atoms with Gasteiger partial charge in [-0.05, 0) is 49.7 Å². The number of carbonyl (C=O) groups is 1. The lowest BCUT2D eigenvalue weighted by atomic mass is 10.0. The first-order chi connectivity index (χ1) is 15.4. The number of amides is 1. The normalized spacial score (nSPS) is 12.4. The van der Waals surface area contributed by atoms with Crippen molar-refractivity contribution >= 4 is 34.2 Å². The van der Waals surface area contributed by atoms with Crippen LogP contribution in [0.1, 0.15) is 27.2 Å². The molecular weight excluding hydrogens is 488 g/mol. The number of nitrogens with two attached hydrogens (primary N) is 1. The highest BCUT2D eigenvalue weighted by molar-refractivity contribution is 7.82. The molecule has 174 valence electrons. The van der Waals surface area contributed by atoms with Gasteiger partial charge in [-0.1, -0.05) is 11.6 Å². The molecule has 3 rings (SSSR count). The van der Waals surface area contributed by atoms with Crippen LogP contribution in [0.4, 0.5) is 23.2 Å². The van der Waals surface area contributed by atoms with Crippen LogP contribution in [0, 0.1) is 19.8 Å². The maximum atomic E-state index is 13.5. The van der Waals surface area contributed by atoms with Crippen LogP contribution in [0.2, 0.25) is 5.02 Å². The number of pyridine rings is 2. The van der Waals surface area contributed by atoms with Crippen LogP contribution < -0.4 is 15.2 Å². The lowest BCUT2D eigenvalue weighted by Gasteiger charge is -2.19. The number of carbonyl (C=O) groups excluding carboxylic acids is 1. The molecule has 0 radical (unpaired) electrons. The second-order valence-corrected chi connectivity index (χ2v) is 8.08. The number of hydrogen-bond donors (Lipinski definition) is 2. The first-order valence-electron chi connectivity index (χ1n) is 9.03. The molecule has 1 atom stereocenters. The summed E-state index contributed by atoms with van der Waals surface area (Å²) in [6, 6.07) is 5.32. The standard InChI is InChI=1S/C20H15ClF4N4O3S/c1-9-17(19(30)29-11-5-6-27-16(7-11)33(26)31)14(8-12(18(9)21)20(23,24)25)32-13-3-4-15(22)28-10(13)2/h3-8H,26H2,1-2H3,(H,27,29,30)/t33-/m1/s1. The summed E-state index contributed by atoms with van der Waals surface area (Å²) < 4.78 is 70.9. The van der Waals surface area contributed by atoms with Gasteiger partial charge < -0.3 is 10.1 Å². The highest BCUT2D eigenvalue weighted by atomic mass is 35.5. The Kier molecular flexibility index (Phi) is 7.00. The number of aryl methyl sites for hydroxylation is 1. The first kappa shape index (κ1) is 24.6. The molecule has 7 nitrogen and oxygen atoms in total. The molecule has 0 aliphatic carbocycles. The second kappa shape index (κ2) is 9.41. The number of benzene rings is 1. The van der Waals surface area contributed by atoms with Gasteiger partial charge in [0, 0.05) is 11.9 Å². The Morgan fingerprint density at radius 3 is 2.48 bits per heavy atom. The lowest BCUT2D eigenvalue weighted by Crippen LogP contribution is -2.18. The van der Waals surface area contributed by atoms with Crippen molar-refractivity contribution in [2.75, 3.05) is 5.32 Å². The lowest BCUT2D eigenvalue weighted by molar-refractivity contribution is -0.137. The maximum Gasteiger partial charge on any atom is 0.417 e. The van der Waals surface area contributed by atoms with Gasteiger partial charge >= 0.3 is 6.18 Å². The van der Waals surface area contributed by atoms with Crippen molar-refractivity contribution in [3.8, 4) is 11.5 Å². The minimum atomic E-state index is -4.84. The quantitative estimate of drug-likeness (QED) is 0.380. The van der Waals surface area contributed by atoms with E-state index in [1.54, 1.807) is 0 Å². The number of aromatic nitrogens is 2. The topological polar surface area (TPSA) is 107 Å². The van der Waals surface area contributed by atoms with Crippen LogP contribution in [-0.4, -0.2) is 20.1 Å². The van der Waals surface area contributed by atoms with Crippen molar-refractivity contribution < 1.29 is 31.3 Å². The molecule has 0 spiro atoms. The van der Waals surface area contributed by atoms with Crippen molar-refractivity contribution in [1.29, 1.82) is 0 Å². The molecule has 33 heavy (non-hydrogen) atoms. The van der Waals surface area contributed by atoms with Crippen molar-refractivity contribution in [2.45, 2.75) is 25.0 Å². The summed E-state index contributed by atoms with van der Waals surface area (Å²) in [6.07, 6.45) is -3.59. The molecule has 2 heterocycles. The fourth-order valence-electron chi connectivity index (χ4n) is 2.87. The van der Waals surface area contributed by atoms with Gasteiger partial charge in [-0.3, -0.25) is 4.79 Å². The Morgan fingerprint density at radius 1 is 1.18 bits per heavy atom. The monoisotopic (exact) mass is 502 g/mol. The number of ether oxygens (including phenoxy) is 1. The summed E-state index contributed by atoms with van der Waals surface area (Å²) in [4.78, 5) is 20.4. The van der Waals surface area contributed by atoms with E-state index in [9.17, 15) is 26.6 Å². The third kappa shape index (κ3) is 5.46. The molecule has 1 amide bonds. The van der Waals surface area contributed by atoms with Crippen LogP contribution in [0.15, 0.2) is 41.6 Å². The number of halogens is 5. The molecule has 0 aliphatic heterocycles. The molecule has 0 fully saturated rings. The molecule has 0 saturated carbocycles. The molecule has 1 aromatic carbocycles. The van der Waals surface area contributed by atoms with E-state index in [2.05, 4.69) is 15.3 Å². The van der Waals surface area contributed by atoms with Gasteiger partial charge in [-0.2, -0.15) is 17.6 Å². The van der Waals surface area contributed by atoms with Crippen LogP contribution in [0.3, 0.4) is 0 Å². The van der Waals surface area contributed by atoms with Crippen LogP contribution in [0.25, 0.3) is 0 Å². The van der Waals surface area contributed by atoms with E-state index < -0.39 is 45.4 Å². The highest BCUT2D eigenvalue weighted by Gasteiger charge is 2.37. The zero-order valence-corrected chi connectivity index (χ0v) is 18.5. The zero-order valence-electron chi connectivity index (χ0n) is 17.0. The molecule has 0 unspecified atom stereocenters. The summed E-state index contributed by atoms with van der Waals surface area (Å²) in [5.74, 6) is -2.22. The minimum absolute atomic E-state index is 0.0283. The number of alkyl halides is 3. The average molecular weight is 503 g/mol. The largest absolute Gasteiger partial charge is 0.455 e. The first-order valence-corrected chi connectivity index (χ1v) is 10.6. The van der Waals surface area contributed by atoms with Crippen LogP contribution >= 0.6 is 11.6 Å². The number of hydrogen-bond acceptors (Lipinski definition) is 5. The zero-order chi connectivity index (χ0) is 24.5. The molecule has 0 aliphatic rings. The summed E-state index contributed by atoms with van der Waals surface area (Å²) >= 11 is 5.94. The van der Waals surface area contributed by atoms with Crippen LogP contribution in [-0.2, 0) is 17.2 Å². The van der Waals surface area contributed by atoms with Gasteiger partial charge in [0.25, 0.3) is 5.91 Å². The Labute approximate surface area is 192 Å². The van der Waals surface area contributed by atoms with Gasteiger partial charge in [-0.15, -0.1) is 0 Å². The highest BCUT2D eigenvalue weighted by Crippen LogP contribution is 2.42. The predicted octanol–water partition coefficient (Wildman–Crippen LogP) is 4.93. The second-order valence-electron chi connectivity index (χ2n) is 6.69. The van der Waals surface area contributed by atoms with Crippen molar-refractivity contribution in [1.82, 2.24) is 9.97 Å². The number of anilines is 1. The molecule has 2 aromatic heterocycles. The third-order valence-corrected chi connectivity index (χ3v) is 5.54. The summed E-state index contributed by atoms with van der Waals surface area (Å²) in [6.45, 7) is 2.61. The van der Waals surface area contributed by atoms with E-state index in [0.29, 0.717) is 6.07 Å². The average Bonchev–Trinajstić information content (AvgIpc) is 2.71. The molecule has 13 heteroatoms. The van der Waals surface area contributed by atoms with Crippen molar-refractivity contribution in [2.24, 2.45) is 5.14 Å². The number of rotatable bonds is 5. The Balaban J connectivity index is 2.12. The molecule has 3 N–H and O–H groups in total. The van der Waals surface area contributed by atoms with E-state index in [4.69, 9.17) is 21.5 Å². The Bertz CT molecular complexity index is 1270. The summed E-state index contributed by atoms with van der Waals surface area (Å²) in [7, 11) is -1.93. The van der Waals surface area contributed by atoms with Crippen LogP contribution in [0.5, 0.6) is 11.5 Å². The molecule has 0 saturated heterocycles. The summed E-state index contributed by atoms with van der Waals surface area (Å²) in [5, 5.41) is 7.03. The van der Waals surface area contributed by atoms with E-state index in [0.717, 1.165) is 6.07 Å². The predicted molar refractivity (Wildman–Crippen MR) is 113 cm³/mol. The van der Waals surface area contributed by atoms with Gasteiger partial charge in [0.05, 0.1) is 21.8 Å². The number of nitrogens with one attached hydrogen (secondary N) is 1. The van der Waals surface area contributed by atoms with Gasteiger partial charge in [0.1, 0.15) is 27.5 Å². The van der Waals surface area contributed by atoms with Gasteiger partial charge in [-0.25, -0.2) is 19.3 Å². The fourth-order valence-corrected chi connectivity index (χ4v) is 3.53. The van der Waals surface area contributed by atoms with Crippen molar-refractivity contribution in [3.63, 3.8) is 0 Å². The molecule has 3 aromatic rings. The Hall–Kier alpha value is -3.09. The fraction of sp³-hybridized carbons (Fsp3) is 0.150. The number of nitrogens with zero attached hydrogens (tertiary/aromatic N) is 2. The maximum absolute atomic E-state index is 13.5. The van der Waals surface area contributed by atoms with Gasteiger partial charge in [0.2, 0.25) is 5.95 Å².